The molecule has 0 aromatic heterocycles. The Kier molecular flexibility index (Phi) is 4.28. The SMILES string of the molecule is Cc1ccc(CC(C(=O)O)C2CCCC2)c(Cl)c1. The highest BCUT2D eigenvalue weighted by Gasteiger charge is 2.30. The van der Waals surface area contributed by atoms with Crippen LogP contribution in [0.1, 0.15) is 36.8 Å². The predicted octanol–water partition coefficient (Wildman–Crippen LogP) is 4.08. The quantitative estimate of drug-likeness (QED) is 0.892. The molecule has 1 saturated carbocycles. The van der Waals surface area contributed by atoms with Crippen molar-refractivity contribution in [1.82, 2.24) is 0 Å². The van der Waals surface area contributed by atoms with Gasteiger partial charge >= 0.3 is 5.97 Å². The number of hydrogen-bond donors (Lipinski definition) is 1. The Labute approximate surface area is 113 Å². The fraction of sp³-hybridized carbons (Fsp3) is 0.533. The highest BCUT2D eigenvalue weighted by atomic mass is 35.5. The van der Waals surface area contributed by atoms with Crippen molar-refractivity contribution in [3.63, 3.8) is 0 Å². The fourth-order valence-corrected chi connectivity index (χ4v) is 3.18. The van der Waals surface area contributed by atoms with E-state index in [1.54, 1.807) is 0 Å². The average molecular weight is 267 g/mol. The van der Waals surface area contributed by atoms with Crippen LogP contribution in [0.3, 0.4) is 0 Å². The molecular formula is C15H19ClO2. The van der Waals surface area contributed by atoms with E-state index in [-0.39, 0.29) is 5.92 Å². The summed E-state index contributed by atoms with van der Waals surface area (Å²) < 4.78 is 0. The maximum absolute atomic E-state index is 11.4. The molecule has 1 aliphatic rings. The van der Waals surface area contributed by atoms with E-state index in [9.17, 15) is 9.90 Å². The first-order valence-corrected chi connectivity index (χ1v) is 6.93. The van der Waals surface area contributed by atoms with E-state index in [1.165, 1.54) is 0 Å². The number of carboxylic acids is 1. The summed E-state index contributed by atoms with van der Waals surface area (Å²) in [5.41, 5.74) is 2.07. The molecule has 1 unspecified atom stereocenters. The molecule has 0 heterocycles. The Hall–Kier alpha value is -1.02. The molecule has 1 aromatic carbocycles. The largest absolute Gasteiger partial charge is 0.481 e. The third kappa shape index (κ3) is 3.05. The molecule has 0 aliphatic heterocycles. The molecule has 2 nitrogen and oxygen atoms in total. The van der Waals surface area contributed by atoms with Gasteiger partial charge in [-0.25, -0.2) is 0 Å². The van der Waals surface area contributed by atoms with Gasteiger partial charge in [-0.15, -0.1) is 0 Å². The summed E-state index contributed by atoms with van der Waals surface area (Å²) in [5.74, 6) is -0.647. The second kappa shape index (κ2) is 5.75. The van der Waals surface area contributed by atoms with E-state index >= 15 is 0 Å². The lowest BCUT2D eigenvalue weighted by Gasteiger charge is -2.19. The second-order valence-corrected chi connectivity index (χ2v) is 5.70. The maximum Gasteiger partial charge on any atom is 0.307 e. The number of halogens is 1. The molecule has 0 amide bonds. The van der Waals surface area contributed by atoms with Crippen LogP contribution in [0.4, 0.5) is 0 Å². The molecule has 1 atom stereocenters. The molecule has 18 heavy (non-hydrogen) atoms. The van der Waals surface area contributed by atoms with Crippen LogP contribution in [0, 0.1) is 18.8 Å². The van der Waals surface area contributed by atoms with Crippen LogP contribution in [0.15, 0.2) is 18.2 Å². The Balaban J connectivity index is 2.15. The van der Waals surface area contributed by atoms with Crippen LogP contribution >= 0.6 is 11.6 Å². The fourth-order valence-electron chi connectivity index (χ4n) is 2.87. The van der Waals surface area contributed by atoms with Gasteiger partial charge in [0.25, 0.3) is 0 Å². The van der Waals surface area contributed by atoms with E-state index in [1.807, 2.05) is 25.1 Å². The zero-order valence-corrected chi connectivity index (χ0v) is 11.4. The number of carboxylic acid groups (broad SMARTS) is 1. The van der Waals surface area contributed by atoms with Gasteiger partial charge in [0.1, 0.15) is 0 Å². The van der Waals surface area contributed by atoms with Crippen LogP contribution in [-0.4, -0.2) is 11.1 Å². The lowest BCUT2D eigenvalue weighted by Crippen LogP contribution is -2.24. The van der Waals surface area contributed by atoms with Gasteiger partial charge in [-0.1, -0.05) is 36.6 Å². The number of aliphatic carboxylic acids is 1. The molecule has 0 radical (unpaired) electrons. The van der Waals surface area contributed by atoms with Crippen molar-refractivity contribution in [2.24, 2.45) is 11.8 Å². The van der Waals surface area contributed by atoms with E-state index in [2.05, 4.69) is 0 Å². The predicted molar refractivity (Wildman–Crippen MR) is 73.0 cm³/mol. The lowest BCUT2D eigenvalue weighted by atomic mass is 9.85. The molecule has 1 aliphatic carbocycles. The molecule has 0 saturated heterocycles. The maximum atomic E-state index is 11.4. The lowest BCUT2D eigenvalue weighted by molar-refractivity contribution is -0.143. The van der Waals surface area contributed by atoms with E-state index in [0.29, 0.717) is 17.4 Å². The highest BCUT2D eigenvalue weighted by Crippen LogP contribution is 2.34. The zero-order chi connectivity index (χ0) is 13.1. The van der Waals surface area contributed by atoms with Crippen LogP contribution in [0.2, 0.25) is 5.02 Å². The number of hydrogen-bond acceptors (Lipinski definition) is 1. The summed E-state index contributed by atoms with van der Waals surface area (Å²) in [4.78, 5) is 11.4. The summed E-state index contributed by atoms with van der Waals surface area (Å²) in [6.45, 7) is 1.99. The topological polar surface area (TPSA) is 37.3 Å². The van der Waals surface area contributed by atoms with Crippen LogP contribution < -0.4 is 0 Å². The van der Waals surface area contributed by atoms with Crippen molar-refractivity contribution in [3.8, 4) is 0 Å². The molecule has 1 aromatic rings. The zero-order valence-electron chi connectivity index (χ0n) is 10.7. The summed E-state index contributed by atoms with van der Waals surface area (Å²) in [7, 11) is 0. The second-order valence-electron chi connectivity index (χ2n) is 5.29. The van der Waals surface area contributed by atoms with Crippen molar-refractivity contribution in [1.29, 1.82) is 0 Å². The minimum absolute atomic E-state index is 0.285. The van der Waals surface area contributed by atoms with Crippen LogP contribution in [-0.2, 0) is 11.2 Å². The third-order valence-corrected chi connectivity index (χ3v) is 4.29. The van der Waals surface area contributed by atoms with Gasteiger partial charge in [-0.05, 0) is 49.3 Å². The van der Waals surface area contributed by atoms with Crippen molar-refractivity contribution < 1.29 is 9.90 Å². The van der Waals surface area contributed by atoms with Gasteiger partial charge in [-0.3, -0.25) is 4.79 Å². The van der Waals surface area contributed by atoms with E-state index < -0.39 is 5.97 Å². The first-order chi connectivity index (χ1) is 8.58. The van der Waals surface area contributed by atoms with Gasteiger partial charge < -0.3 is 5.11 Å². The highest BCUT2D eigenvalue weighted by molar-refractivity contribution is 6.31. The normalized spacial score (nSPS) is 17.9. The minimum Gasteiger partial charge on any atom is -0.481 e. The van der Waals surface area contributed by atoms with Gasteiger partial charge in [0.05, 0.1) is 5.92 Å². The molecule has 2 rings (SSSR count). The van der Waals surface area contributed by atoms with Gasteiger partial charge in [0.15, 0.2) is 0 Å². The van der Waals surface area contributed by atoms with Crippen molar-refractivity contribution in [2.45, 2.75) is 39.0 Å². The molecule has 1 N–H and O–H groups in total. The molecular weight excluding hydrogens is 248 g/mol. The Morgan fingerprint density at radius 2 is 2.11 bits per heavy atom. The average Bonchev–Trinajstić information content (AvgIpc) is 2.80. The monoisotopic (exact) mass is 266 g/mol. The van der Waals surface area contributed by atoms with Crippen molar-refractivity contribution >= 4 is 17.6 Å². The molecule has 0 bridgehead atoms. The number of rotatable bonds is 4. The smallest absolute Gasteiger partial charge is 0.307 e. The van der Waals surface area contributed by atoms with Crippen molar-refractivity contribution in [3.05, 3.63) is 34.3 Å². The number of aryl methyl sites for hydroxylation is 1. The summed E-state index contributed by atoms with van der Waals surface area (Å²) in [6.07, 6.45) is 4.96. The minimum atomic E-state index is -0.682. The van der Waals surface area contributed by atoms with Gasteiger partial charge in [0.2, 0.25) is 0 Å². The van der Waals surface area contributed by atoms with Gasteiger partial charge in [-0.2, -0.15) is 0 Å². The standard InChI is InChI=1S/C15H19ClO2/c1-10-6-7-12(14(16)8-10)9-13(15(17)18)11-4-2-3-5-11/h6-8,11,13H,2-5,9H2,1H3,(H,17,18). The van der Waals surface area contributed by atoms with E-state index in [4.69, 9.17) is 11.6 Å². The van der Waals surface area contributed by atoms with Crippen molar-refractivity contribution in [2.75, 3.05) is 0 Å². The molecule has 0 spiro atoms. The molecule has 3 heteroatoms. The van der Waals surface area contributed by atoms with Gasteiger partial charge in [0, 0.05) is 5.02 Å². The Morgan fingerprint density at radius 1 is 1.44 bits per heavy atom. The summed E-state index contributed by atoms with van der Waals surface area (Å²) in [6, 6.07) is 5.86. The first kappa shape index (κ1) is 13.4. The Morgan fingerprint density at radius 3 is 2.67 bits per heavy atom. The number of benzene rings is 1. The first-order valence-electron chi connectivity index (χ1n) is 6.56. The molecule has 1 fully saturated rings. The molecule has 98 valence electrons. The summed E-state index contributed by atoms with van der Waals surface area (Å²) >= 11 is 6.19. The van der Waals surface area contributed by atoms with Crippen LogP contribution in [0.5, 0.6) is 0 Å². The Bertz CT molecular complexity index is 436. The van der Waals surface area contributed by atoms with E-state index in [0.717, 1.165) is 36.8 Å². The number of carbonyl (C=O) groups is 1. The van der Waals surface area contributed by atoms with Crippen LogP contribution in [0.25, 0.3) is 0 Å². The summed E-state index contributed by atoms with van der Waals surface area (Å²) in [5, 5.41) is 10.1. The third-order valence-electron chi connectivity index (χ3n) is 3.93.